The predicted octanol–water partition coefficient (Wildman–Crippen LogP) is 8.93. The maximum atomic E-state index is 11.9. The van der Waals surface area contributed by atoms with E-state index in [1.54, 1.807) is 18.2 Å². The monoisotopic (exact) mass is 452 g/mol. The number of rotatable bonds is 16. The van der Waals surface area contributed by atoms with Crippen molar-refractivity contribution in [2.24, 2.45) is 0 Å². The second kappa shape index (κ2) is 18.3. The Labute approximate surface area is 193 Å². The van der Waals surface area contributed by atoms with Gasteiger partial charge in [-0.25, -0.2) is 4.79 Å². The first kappa shape index (κ1) is 26.6. The highest BCUT2D eigenvalue weighted by atomic mass is 35.5. The van der Waals surface area contributed by atoms with Gasteiger partial charge >= 0.3 is 6.03 Å². The van der Waals surface area contributed by atoms with Gasteiger partial charge in [0, 0.05) is 11.6 Å². The van der Waals surface area contributed by atoms with Gasteiger partial charge in [0.05, 0.1) is 10.7 Å². The highest BCUT2D eigenvalue weighted by molar-refractivity contribution is 6.35. The molecule has 0 heterocycles. The SMILES string of the molecule is CCCCC/C=C/C/C=C\CCCCCCCCNC(=O)Nc1cc(Cl)ccc1Cl. The van der Waals surface area contributed by atoms with Crippen molar-refractivity contribution in [2.75, 3.05) is 11.9 Å². The Morgan fingerprint density at radius 2 is 1.50 bits per heavy atom. The van der Waals surface area contributed by atoms with Gasteiger partial charge < -0.3 is 10.6 Å². The molecule has 168 valence electrons. The van der Waals surface area contributed by atoms with Crippen molar-refractivity contribution in [3.05, 3.63) is 52.5 Å². The minimum absolute atomic E-state index is 0.248. The number of anilines is 1. The van der Waals surface area contributed by atoms with Crippen LogP contribution in [0.25, 0.3) is 0 Å². The van der Waals surface area contributed by atoms with Crippen molar-refractivity contribution in [3.8, 4) is 0 Å². The van der Waals surface area contributed by atoms with Crippen LogP contribution in [-0.2, 0) is 0 Å². The van der Waals surface area contributed by atoms with Gasteiger partial charge in [-0.3, -0.25) is 0 Å². The number of allylic oxidation sites excluding steroid dienone is 4. The Morgan fingerprint density at radius 3 is 2.20 bits per heavy atom. The molecular formula is C25H38Cl2N2O. The summed E-state index contributed by atoms with van der Waals surface area (Å²) in [5.74, 6) is 0. The lowest BCUT2D eigenvalue weighted by molar-refractivity contribution is 0.252. The summed E-state index contributed by atoms with van der Waals surface area (Å²) in [6.45, 7) is 2.91. The summed E-state index contributed by atoms with van der Waals surface area (Å²) < 4.78 is 0. The molecule has 1 rings (SSSR count). The summed E-state index contributed by atoms with van der Waals surface area (Å²) in [4.78, 5) is 11.9. The van der Waals surface area contributed by atoms with E-state index in [9.17, 15) is 4.79 Å². The Balaban J connectivity index is 1.91. The molecule has 1 aromatic carbocycles. The number of amides is 2. The fraction of sp³-hybridized carbons (Fsp3) is 0.560. The second-order valence-corrected chi connectivity index (χ2v) is 8.43. The molecule has 5 heteroatoms. The fourth-order valence-corrected chi connectivity index (χ4v) is 3.41. The van der Waals surface area contributed by atoms with E-state index in [1.165, 1.54) is 57.8 Å². The number of hydrogen-bond acceptors (Lipinski definition) is 1. The number of unbranched alkanes of at least 4 members (excludes halogenated alkanes) is 9. The van der Waals surface area contributed by atoms with Gasteiger partial charge in [0.1, 0.15) is 0 Å². The molecule has 3 nitrogen and oxygen atoms in total. The third kappa shape index (κ3) is 14.5. The molecule has 0 bridgehead atoms. The molecule has 0 saturated carbocycles. The van der Waals surface area contributed by atoms with E-state index in [4.69, 9.17) is 23.2 Å². The number of nitrogens with one attached hydrogen (secondary N) is 2. The van der Waals surface area contributed by atoms with E-state index in [-0.39, 0.29) is 6.03 Å². The first-order chi connectivity index (χ1) is 14.6. The molecule has 0 spiro atoms. The second-order valence-electron chi connectivity index (χ2n) is 7.59. The van der Waals surface area contributed by atoms with Crippen LogP contribution >= 0.6 is 23.2 Å². The molecule has 0 radical (unpaired) electrons. The third-order valence-electron chi connectivity index (χ3n) is 4.84. The third-order valence-corrected chi connectivity index (χ3v) is 5.40. The van der Waals surface area contributed by atoms with Crippen molar-refractivity contribution in [1.82, 2.24) is 5.32 Å². The lowest BCUT2D eigenvalue weighted by Gasteiger charge is -2.09. The molecule has 0 aromatic heterocycles. The summed E-state index contributed by atoms with van der Waals surface area (Å²) in [6, 6.07) is 4.75. The molecule has 0 saturated heterocycles. The minimum atomic E-state index is -0.248. The molecule has 0 aliphatic carbocycles. The van der Waals surface area contributed by atoms with Gasteiger partial charge in [0.2, 0.25) is 0 Å². The molecule has 0 aliphatic heterocycles. The topological polar surface area (TPSA) is 41.1 Å². The van der Waals surface area contributed by atoms with Crippen molar-refractivity contribution < 1.29 is 4.79 Å². The zero-order chi connectivity index (χ0) is 21.9. The summed E-state index contributed by atoms with van der Waals surface area (Å²) in [5, 5.41) is 6.61. The number of halogens is 2. The van der Waals surface area contributed by atoms with Crippen LogP contribution in [0.5, 0.6) is 0 Å². The van der Waals surface area contributed by atoms with Crippen LogP contribution in [0, 0.1) is 0 Å². The number of urea groups is 1. The molecule has 2 amide bonds. The van der Waals surface area contributed by atoms with Crippen LogP contribution in [-0.4, -0.2) is 12.6 Å². The lowest BCUT2D eigenvalue weighted by atomic mass is 10.1. The van der Waals surface area contributed by atoms with E-state index in [1.807, 2.05) is 0 Å². The maximum absolute atomic E-state index is 11.9. The Morgan fingerprint density at radius 1 is 0.867 bits per heavy atom. The average Bonchev–Trinajstić information content (AvgIpc) is 2.73. The zero-order valence-corrected chi connectivity index (χ0v) is 19.9. The van der Waals surface area contributed by atoms with Gasteiger partial charge in [-0.05, 0) is 56.7 Å². The van der Waals surface area contributed by atoms with Gasteiger partial charge in [-0.1, -0.05) is 93.0 Å². The number of carbonyl (C=O) groups excluding carboxylic acids is 1. The van der Waals surface area contributed by atoms with Gasteiger partial charge in [0.15, 0.2) is 0 Å². The Bertz CT molecular complexity index is 644. The first-order valence-electron chi connectivity index (χ1n) is 11.4. The molecule has 30 heavy (non-hydrogen) atoms. The van der Waals surface area contributed by atoms with Gasteiger partial charge in [-0.2, -0.15) is 0 Å². The molecule has 1 aromatic rings. The highest BCUT2D eigenvalue weighted by Crippen LogP contribution is 2.25. The summed E-state index contributed by atoms with van der Waals surface area (Å²) in [5.41, 5.74) is 0.527. The molecule has 2 N–H and O–H groups in total. The van der Waals surface area contributed by atoms with Crippen LogP contribution in [0.2, 0.25) is 10.0 Å². The molecular weight excluding hydrogens is 415 g/mol. The first-order valence-corrected chi connectivity index (χ1v) is 12.2. The van der Waals surface area contributed by atoms with Crippen LogP contribution in [0.4, 0.5) is 10.5 Å². The predicted molar refractivity (Wildman–Crippen MR) is 133 cm³/mol. The highest BCUT2D eigenvalue weighted by Gasteiger charge is 2.05. The standard InChI is InChI=1S/C25H38Cl2N2O/c1-2-3-4-5-6-7-8-9-10-11-12-13-14-15-16-17-20-28-25(30)29-24-21-22(26)18-19-23(24)27/h6-7,9-10,18-19,21H,2-5,8,11-17,20H2,1H3,(H2,28,29,30)/b7-6+,10-9-. The Hall–Kier alpha value is -1.45. The number of hydrogen-bond donors (Lipinski definition) is 2. The molecule has 0 unspecified atom stereocenters. The summed E-state index contributed by atoms with van der Waals surface area (Å²) in [6.07, 6.45) is 23.7. The van der Waals surface area contributed by atoms with Gasteiger partial charge in [-0.15, -0.1) is 0 Å². The normalized spacial score (nSPS) is 11.4. The van der Waals surface area contributed by atoms with Crippen molar-refractivity contribution in [3.63, 3.8) is 0 Å². The maximum Gasteiger partial charge on any atom is 0.319 e. The van der Waals surface area contributed by atoms with Gasteiger partial charge in [0.25, 0.3) is 0 Å². The summed E-state index contributed by atoms with van der Waals surface area (Å²) in [7, 11) is 0. The van der Waals surface area contributed by atoms with Crippen molar-refractivity contribution >= 4 is 34.9 Å². The van der Waals surface area contributed by atoms with E-state index in [2.05, 4.69) is 41.9 Å². The fourth-order valence-electron chi connectivity index (χ4n) is 3.07. The molecule has 0 aliphatic rings. The van der Waals surface area contributed by atoms with Crippen LogP contribution in [0.15, 0.2) is 42.5 Å². The Kier molecular flexibility index (Phi) is 16.2. The summed E-state index contributed by atoms with van der Waals surface area (Å²) >= 11 is 12.0. The quantitative estimate of drug-likeness (QED) is 0.190. The molecule has 0 fully saturated rings. The van der Waals surface area contributed by atoms with E-state index in [0.29, 0.717) is 22.3 Å². The van der Waals surface area contributed by atoms with Crippen LogP contribution < -0.4 is 10.6 Å². The zero-order valence-electron chi connectivity index (χ0n) is 18.4. The van der Waals surface area contributed by atoms with Crippen LogP contribution in [0.3, 0.4) is 0 Å². The van der Waals surface area contributed by atoms with E-state index in [0.717, 1.165) is 19.3 Å². The van der Waals surface area contributed by atoms with E-state index < -0.39 is 0 Å². The van der Waals surface area contributed by atoms with Crippen molar-refractivity contribution in [2.45, 2.75) is 84.0 Å². The molecule has 0 atom stereocenters. The minimum Gasteiger partial charge on any atom is -0.338 e. The lowest BCUT2D eigenvalue weighted by Crippen LogP contribution is -2.29. The average molecular weight is 453 g/mol. The number of carbonyl (C=O) groups is 1. The van der Waals surface area contributed by atoms with E-state index >= 15 is 0 Å². The smallest absolute Gasteiger partial charge is 0.319 e. The largest absolute Gasteiger partial charge is 0.338 e. The number of benzene rings is 1. The van der Waals surface area contributed by atoms with Crippen LogP contribution in [0.1, 0.15) is 84.0 Å². The van der Waals surface area contributed by atoms with Crippen molar-refractivity contribution in [1.29, 1.82) is 0 Å².